The minimum atomic E-state index is -0.332. The van der Waals surface area contributed by atoms with Crippen LogP contribution in [0.3, 0.4) is 0 Å². The van der Waals surface area contributed by atoms with E-state index in [0.717, 1.165) is 61.9 Å². The van der Waals surface area contributed by atoms with E-state index >= 15 is 0 Å². The second-order valence-electron chi connectivity index (χ2n) is 6.50. The van der Waals surface area contributed by atoms with E-state index in [-0.39, 0.29) is 17.9 Å². The number of hydrogen-bond donors (Lipinski definition) is 1. The Morgan fingerprint density at radius 3 is 2.61 bits per heavy atom. The molecule has 0 unspecified atom stereocenters. The van der Waals surface area contributed by atoms with Gasteiger partial charge in [0.2, 0.25) is 5.89 Å². The first-order valence-corrected chi connectivity index (χ1v) is 8.82. The predicted octanol–water partition coefficient (Wildman–Crippen LogP) is 2.98. The molecular weight excluding hydrogens is 334 g/mol. The maximum absolute atomic E-state index is 6.27. The summed E-state index contributed by atoms with van der Waals surface area (Å²) in [5.74, 6) is 1.82. The Morgan fingerprint density at radius 1 is 1.30 bits per heavy atom. The molecule has 3 heterocycles. The smallest absolute Gasteiger partial charge is 0.229 e. The number of aromatic nitrogens is 3. The van der Waals surface area contributed by atoms with Crippen LogP contribution in [0.5, 0.6) is 0 Å². The Hall–Kier alpha value is -1.18. The summed E-state index contributed by atoms with van der Waals surface area (Å²) < 4.78 is 5.50. The minimum absolute atomic E-state index is 0. The highest BCUT2D eigenvalue weighted by molar-refractivity contribution is 7.13. The van der Waals surface area contributed by atoms with Crippen molar-refractivity contribution in [2.45, 2.75) is 50.5 Å². The van der Waals surface area contributed by atoms with Crippen LogP contribution in [0.25, 0.3) is 0 Å². The van der Waals surface area contributed by atoms with Gasteiger partial charge in [0, 0.05) is 24.4 Å². The summed E-state index contributed by atoms with van der Waals surface area (Å²) in [5, 5.41) is 7.36. The van der Waals surface area contributed by atoms with E-state index in [0.29, 0.717) is 11.7 Å². The number of nitrogens with two attached hydrogens (primary N) is 1. The van der Waals surface area contributed by atoms with Gasteiger partial charge in [0.15, 0.2) is 11.0 Å². The molecule has 2 N–H and O–H groups in total. The molecule has 2 fully saturated rings. The number of piperidine rings is 1. The number of aryl methyl sites for hydroxylation is 1. The van der Waals surface area contributed by atoms with Crippen LogP contribution in [-0.2, 0) is 5.54 Å². The van der Waals surface area contributed by atoms with Gasteiger partial charge >= 0.3 is 0 Å². The normalized spacial score (nSPS) is 20.9. The molecule has 8 heteroatoms. The number of rotatable bonds is 3. The number of thiazole rings is 1. The summed E-state index contributed by atoms with van der Waals surface area (Å²) in [4.78, 5) is 11.5. The topological polar surface area (TPSA) is 81.1 Å². The standard InChI is InChI=1S/C15H21N5OS.ClH/c1-10-9-22-14(17-10)20-7-3-11(4-8-20)12-18-13(19-21-12)15(16)5-2-6-15;/h9,11H,2-8,16H2,1H3;1H. The van der Waals surface area contributed by atoms with Crippen molar-refractivity contribution in [3.63, 3.8) is 0 Å². The zero-order valence-corrected chi connectivity index (χ0v) is 14.8. The SMILES string of the molecule is Cc1csc(N2CCC(c3nc(C4(N)CCC4)no3)CC2)n1.Cl. The van der Waals surface area contributed by atoms with Crippen molar-refractivity contribution in [3.8, 4) is 0 Å². The number of hydrogen-bond acceptors (Lipinski definition) is 7. The van der Waals surface area contributed by atoms with Gasteiger partial charge in [-0.15, -0.1) is 23.7 Å². The van der Waals surface area contributed by atoms with Crippen LogP contribution in [0, 0.1) is 6.92 Å². The van der Waals surface area contributed by atoms with Gasteiger partial charge in [-0.05, 0) is 39.0 Å². The van der Waals surface area contributed by atoms with E-state index in [4.69, 9.17) is 10.3 Å². The maximum Gasteiger partial charge on any atom is 0.229 e. The summed E-state index contributed by atoms with van der Waals surface area (Å²) >= 11 is 1.72. The maximum atomic E-state index is 6.27. The fourth-order valence-corrected chi connectivity index (χ4v) is 4.05. The lowest BCUT2D eigenvalue weighted by Crippen LogP contribution is -2.44. The van der Waals surface area contributed by atoms with E-state index in [1.807, 2.05) is 6.92 Å². The Balaban J connectivity index is 0.00000156. The van der Waals surface area contributed by atoms with Crippen LogP contribution >= 0.6 is 23.7 Å². The van der Waals surface area contributed by atoms with Crippen LogP contribution in [0.4, 0.5) is 5.13 Å². The zero-order valence-electron chi connectivity index (χ0n) is 13.2. The summed E-state index contributed by atoms with van der Waals surface area (Å²) in [7, 11) is 0. The van der Waals surface area contributed by atoms with Gasteiger partial charge in [-0.1, -0.05) is 5.16 Å². The summed E-state index contributed by atoms with van der Waals surface area (Å²) in [6.45, 7) is 4.02. The predicted molar refractivity (Wildman–Crippen MR) is 92.3 cm³/mol. The van der Waals surface area contributed by atoms with Crippen LogP contribution in [-0.4, -0.2) is 28.2 Å². The molecule has 1 saturated carbocycles. The lowest BCUT2D eigenvalue weighted by molar-refractivity contribution is 0.228. The van der Waals surface area contributed by atoms with E-state index in [1.165, 1.54) is 0 Å². The van der Waals surface area contributed by atoms with Gasteiger partial charge < -0.3 is 15.2 Å². The van der Waals surface area contributed by atoms with E-state index in [9.17, 15) is 0 Å². The molecule has 0 aromatic carbocycles. The fraction of sp³-hybridized carbons (Fsp3) is 0.667. The Labute approximate surface area is 145 Å². The third-order valence-corrected chi connectivity index (χ3v) is 5.87. The molecular formula is C15H22ClN5OS. The molecule has 1 aliphatic carbocycles. The Kier molecular flexibility index (Phi) is 4.62. The number of anilines is 1. The molecule has 6 nitrogen and oxygen atoms in total. The molecule has 0 atom stereocenters. The molecule has 2 aliphatic rings. The third-order valence-electron chi connectivity index (χ3n) is 4.85. The molecule has 2 aromatic heterocycles. The van der Waals surface area contributed by atoms with Gasteiger partial charge in [0.05, 0.1) is 11.2 Å². The first-order valence-electron chi connectivity index (χ1n) is 7.94. The molecule has 2 aromatic rings. The molecule has 0 bridgehead atoms. The lowest BCUT2D eigenvalue weighted by Gasteiger charge is -2.34. The highest BCUT2D eigenvalue weighted by atomic mass is 35.5. The number of halogens is 1. The molecule has 4 rings (SSSR count). The Bertz CT molecular complexity index is 660. The van der Waals surface area contributed by atoms with Gasteiger partial charge in [0.1, 0.15) is 0 Å². The van der Waals surface area contributed by atoms with E-state index < -0.39 is 0 Å². The average molecular weight is 356 g/mol. The minimum Gasteiger partial charge on any atom is -0.348 e. The largest absolute Gasteiger partial charge is 0.348 e. The highest BCUT2D eigenvalue weighted by Crippen LogP contribution is 2.38. The molecule has 0 spiro atoms. The number of nitrogens with zero attached hydrogens (tertiary/aromatic N) is 4. The zero-order chi connectivity index (χ0) is 15.2. The summed E-state index contributed by atoms with van der Waals surface area (Å²) in [5.41, 5.74) is 7.03. The van der Waals surface area contributed by atoms with Crippen molar-refractivity contribution in [1.82, 2.24) is 15.1 Å². The highest BCUT2D eigenvalue weighted by Gasteiger charge is 2.39. The molecule has 0 amide bonds. The second-order valence-corrected chi connectivity index (χ2v) is 7.34. The third kappa shape index (κ3) is 3.09. The first kappa shape index (κ1) is 16.7. The van der Waals surface area contributed by atoms with Gasteiger partial charge in [-0.3, -0.25) is 0 Å². The van der Waals surface area contributed by atoms with E-state index in [2.05, 4.69) is 25.4 Å². The van der Waals surface area contributed by atoms with Gasteiger partial charge in [-0.2, -0.15) is 4.98 Å². The molecule has 1 aliphatic heterocycles. The molecule has 0 radical (unpaired) electrons. The van der Waals surface area contributed by atoms with Crippen LogP contribution < -0.4 is 10.6 Å². The van der Waals surface area contributed by atoms with Crippen LogP contribution in [0.15, 0.2) is 9.90 Å². The van der Waals surface area contributed by atoms with Crippen molar-refractivity contribution in [1.29, 1.82) is 0 Å². The van der Waals surface area contributed by atoms with Crippen molar-refractivity contribution >= 4 is 28.9 Å². The first-order chi connectivity index (χ1) is 10.6. The molecule has 1 saturated heterocycles. The van der Waals surface area contributed by atoms with Crippen molar-refractivity contribution in [3.05, 3.63) is 22.8 Å². The van der Waals surface area contributed by atoms with Crippen molar-refractivity contribution < 1.29 is 4.52 Å². The monoisotopic (exact) mass is 355 g/mol. The lowest BCUT2D eigenvalue weighted by atomic mass is 9.77. The van der Waals surface area contributed by atoms with Crippen molar-refractivity contribution in [2.75, 3.05) is 18.0 Å². The molecule has 23 heavy (non-hydrogen) atoms. The Morgan fingerprint density at radius 2 is 2.04 bits per heavy atom. The average Bonchev–Trinajstić information content (AvgIpc) is 3.14. The fourth-order valence-electron chi connectivity index (χ4n) is 3.19. The van der Waals surface area contributed by atoms with Crippen LogP contribution in [0.2, 0.25) is 0 Å². The summed E-state index contributed by atoms with van der Waals surface area (Å²) in [6.07, 6.45) is 5.14. The van der Waals surface area contributed by atoms with E-state index in [1.54, 1.807) is 11.3 Å². The van der Waals surface area contributed by atoms with Gasteiger partial charge in [0.25, 0.3) is 0 Å². The molecule has 126 valence electrons. The second kappa shape index (κ2) is 6.37. The van der Waals surface area contributed by atoms with Crippen LogP contribution in [0.1, 0.15) is 55.4 Å². The quantitative estimate of drug-likeness (QED) is 0.911. The van der Waals surface area contributed by atoms with Gasteiger partial charge in [-0.25, -0.2) is 4.98 Å². The van der Waals surface area contributed by atoms with Crippen molar-refractivity contribution in [2.24, 2.45) is 5.73 Å². The summed E-state index contributed by atoms with van der Waals surface area (Å²) in [6, 6.07) is 0.